The molecule has 0 bridgehead atoms. The van der Waals surface area contributed by atoms with Crippen molar-refractivity contribution in [1.29, 1.82) is 0 Å². The number of nitrogens with zero attached hydrogens (tertiary/aromatic N) is 3. The van der Waals surface area contributed by atoms with Gasteiger partial charge in [0.1, 0.15) is 0 Å². The lowest BCUT2D eigenvalue weighted by Crippen LogP contribution is -2.37. The first-order chi connectivity index (χ1) is 9.99. The number of carbonyl (C=O) groups is 3. The quantitative estimate of drug-likeness (QED) is 0.588. The van der Waals surface area contributed by atoms with Crippen LogP contribution in [0, 0.1) is 0 Å². The van der Waals surface area contributed by atoms with Crippen LogP contribution in [-0.4, -0.2) is 58.8 Å². The van der Waals surface area contributed by atoms with Crippen LogP contribution in [0.15, 0.2) is 0 Å². The summed E-state index contributed by atoms with van der Waals surface area (Å²) >= 11 is 0. The standard InChI is InChI=1S/C11H17N5O5/c1-12-11(20)13-8(17)3-5-16-7(4-6-21-2)9(10(18)19)14-15-16/h3-6H2,1-2H3,(H,18,19)(H2,12,13,17,20). The molecule has 0 aliphatic rings. The topological polar surface area (TPSA) is 135 Å². The average molecular weight is 299 g/mol. The Kier molecular flexibility index (Phi) is 6.27. The van der Waals surface area contributed by atoms with Gasteiger partial charge in [-0.2, -0.15) is 0 Å². The monoisotopic (exact) mass is 299 g/mol. The zero-order chi connectivity index (χ0) is 15.8. The second kappa shape index (κ2) is 7.94. The van der Waals surface area contributed by atoms with Crippen molar-refractivity contribution >= 4 is 17.9 Å². The van der Waals surface area contributed by atoms with Crippen LogP contribution in [0.1, 0.15) is 22.6 Å². The van der Waals surface area contributed by atoms with E-state index >= 15 is 0 Å². The molecule has 10 nitrogen and oxygen atoms in total. The number of aromatic nitrogens is 3. The smallest absolute Gasteiger partial charge is 0.358 e. The van der Waals surface area contributed by atoms with Gasteiger partial charge in [-0.05, 0) is 0 Å². The summed E-state index contributed by atoms with van der Waals surface area (Å²) in [6.07, 6.45) is 0.276. The van der Waals surface area contributed by atoms with E-state index in [-0.39, 0.29) is 18.7 Å². The van der Waals surface area contributed by atoms with Crippen molar-refractivity contribution < 1.29 is 24.2 Å². The molecule has 10 heteroatoms. The van der Waals surface area contributed by atoms with E-state index in [4.69, 9.17) is 9.84 Å². The fourth-order valence-electron chi connectivity index (χ4n) is 1.58. The number of hydrogen-bond donors (Lipinski definition) is 3. The molecule has 0 fully saturated rings. The highest BCUT2D eigenvalue weighted by atomic mass is 16.5. The lowest BCUT2D eigenvalue weighted by Gasteiger charge is -2.07. The van der Waals surface area contributed by atoms with Crippen molar-refractivity contribution in [2.45, 2.75) is 19.4 Å². The van der Waals surface area contributed by atoms with E-state index in [1.807, 2.05) is 0 Å². The zero-order valence-corrected chi connectivity index (χ0v) is 11.8. The number of rotatable bonds is 7. The van der Waals surface area contributed by atoms with Crippen LogP contribution < -0.4 is 10.6 Å². The van der Waals surface area contributed by atoms with Gasteiger partial charge in [-0.1, -0.05) is 5.21 Å². The molecule has 0 unspecified atom stereocenters. The third-order valence-corrected chi connectivity index (χ3v) is 2.61. The van der Waals surface area contributed by atoms with Crippen molar-refractivity contribution in [3.8, 4) is 0 Å². The number of imide groups is 1. The molecule has 0 saturated heterocycles. The third kappa shape index (κ3) is 4.84. The number of carbonyl (C=O) groups excluding carboxylic acids is 2. The highest BCUT2D eigenvalue weighted by Crippen LogP contribution is 2.08. The third-order valence-electron chi connectivity index (χ3n) is 2.61. The van der Waals surface area contributed by atoms with Crippen LogP contribution in [0.2, 0.25) is 0 Å². The summed E-state index contributed by atoms with van der Waals surface area (Å²) in [5.41, 5.74) is 0.204. The molecule has 0 atom stereocenters. The Morgan fingerprint density at radius 3 is 2.67 bits per heavy atom. The molecular weight excluding hydrogens is 282 g/mol. The van der Waals surface area contributed by atoms with Crippen LogP contribution in [0.3, 0.4) is 0 Å². The van der Waals surface area contributed by atoms with Gasteiger partial charge in [0.15, 0.2) is 5.69 Å². The molecule has 1 rings (SSSR count). The molecule has 0 aliphatic carbocycles. The largest absolute Gasteiger partial charge is 0.476 e. The number of hydrogen-bond acceptors (Lipinski definition) is 6. The number of carboxylic acids is 1. The number of urea groups is 1. The highest BCUT2D eigenvalue weighted by Gasteiger charge is 2.19. The van der Waals surface area contributed by atoms with E-state index in [2.05, 4.69) is 20.9 Å². The predicted molar refractivity (Wildman–Crippen MR) is 69.8 cm³/mol. The number of aryl methyl sites for hydroxylation is 1. The van der Waals surface area contributed by atoms with Gasteiger partial charge in [-0.25, -0.2) is 14.3 Å². The molecule has 0 radical (unpaired) electrons. The molecule has 1 aromatic heterocycles. The van der Waals surface area contributed by atoms with E-state index < -0.39 is 17.9 Å². The van der Waals surface area contributed by atoms with Crippen molar-refractivity contribution in [1.82, 2.24) is 25.6 Å². The van der Waals surface area contributed by atoms with Gasteiger partial charge in [-0.15, -0.1) is 5.10 Å². The first-order valence-electron chi connectivity index (χ1n) is 6.15. The Morgan fingerprint density at radius 2 is 2.10 bits per heavy atom. The molecule has 0 aromatic carbocycles. The Morgan fingerprint density at radius 1 is 1.38 bits per heavy atom. The van der Waals surface area contributed by atoms with Gasteiger partial charge >= 0.3 is 12.0 Å². The fraction of sp³-hybridized carbons (Fsp3) is 0.545. The van der Waals surface area contributed by atoms with Gasteiger partial charge in [0.25, 0.3) is 0 Å². The minimum Gasteiger partial charge on any atom is -0.476 e. The minimum absolute atomic E-state index is 0.0319. The molecule has 21 heavy (non-hydrogen) atoms. The van der Waals surface area contributed by atoms with Crippen molar-refractivity contribution in [2.24, 2.45) is 0 Å². The maximum Gasteiger partial charge on any atom is 0.358 e. The zero-order valence-electron chi connectivity index (χ0n) is 11.8. The van der Waals surface area contributed by atoms with Crippen molar-refractivity contribution in [3.63, 3.8) is 0 Å². The second-order valence-corrected chi connectivity index (χ2v) is 4.03. The molecule has 3 N–H and O–H groups in total. The molecule has 1 aromatic rings. The van der Waals surface area contributed by atoms with Gasteiger partial charge < -0.3 is 15.2 Å². The molecule has 0 saturated carbocycles. The average Bonchev–Trinajstić information content (AvgIpc) is 2.85. The summed E-state index contributed by atoms with van der Waals surface area (Å²) in [5.74, 6) is -1.69. The van der Waals surface area contributed by atoms with Gasteiger partial charge in [0.05, 0.1) is 18.8 Å². The van der Waals surface area contributed by atoms with E-state index in [1.165, 1.54) is 18.8 Å². The predicted octanol–water partition coefficient (Wildman–Crippen LogP) is -0.989. The van der Waals surface area contributed by atoms with E-state index in [9.17, 15) is 14.4 Å². The summed E-state index contributed by atoms with van der Waals surface area (Å²) in [5, 5.41) is 20.7. The Labute approximate surface area is 120 Å². The number of aromatic carboxylic acids is 1. The molecule has 1 heterocycles. The molecule has 3 amide bonds. The summed E-state index contributed by atoms with van der Waals surface area (Å²) in [4.78, 5) is 33.5. The SMILES string of the molecule is CNC(=O)NC(=O)CCn1nnc(C(=O)O)c1CCOC. The number of nitrogens with one attached hydrogen (secondary N) is 2. The first kappa shape index (κ1) is 16.6. The van der Waals surface area contributed by atoms with Gasteiger partial charge in [-0.3, -0.25) is 10.1 Å². The summed E-state index contributed by atoms with van der Waals surface area (Å²) in [6.45, 7) is 0.417. The van der Waals surface area contributed by atoms with Gasteiger partial charge in [0, 0.05) is 27.0 Å². The van der Waals surface area contributed by atoms with Crippen molar-refractivity contribution in [2.75, 3.05) is 20.8 Å². The lowest BCUT2D eigenvalue weighted by atomic mass is 10.2. The minimum atomic E-state index is -1.19. The normalized spacial score (nSPS) is 10.2. The number of amides is 3. The van der Waals surface area contributed by atoms with Crippen molar-refractivity contribution in [3.05, 3.63) is 11.4 Å². The second-order valence-electron chi connectivity index (χ2n) is 4.03. The Hall–Kier alpha value is -2.49. The van der Waals surface area contributed by atoms with Crippen LogP contribution in [0.4, 0.5) is 4.79 Å². The van der Waals surface area contributed by atoms with Crippen LogP contribution >= 0.6 is 0 Å². The Balaban J connectivity index is 2.71. The Bertz CT molecular complexity index is 527. The number of ether oxygens (including phenoxy) is 1. The number of methoxy groups -OCH3 is 1. The number of carboxylic acid groups (broad SMARTS) is 1. The van der Waals surface area contributed by atoms with E-state index in [0.717, 1.165) is 0 Å². The summed E-state index contributed by atoms with van der Waals surface area (Å²) < 4.78 is 6.23. The summed E-state index contributed by atoms with van der Waals surface area (Å²) in [6, 6.07) is -0.607. The molecular formula is C11H17N5O5. The molecule has 116 valence electrons. The summed E-state index contributed by atoms with van der Waals surface area (Å²) in [7, 11) is 2.88. The highest BCUT2D eigenvalue weighted by molar-refractivity contribution is 5.94. The fourth-order valence-corrected chi connectivity index (χ4v) is 1.58. The van der Waals surface area contributed by atoms with E-state index in [1.54, 1.807) is 0 Å². The van der Waals surface area contributed by atoms with Crippen LogP contribution in [0.25, 0.3) is 0 Å². The van der Waals surface area contributed by atoms with Crippen LogP contribution in [0.5, 0.6) is 0 Å². The molecule has 0 spiro atoms. The van der Waals surface area contributed by atoms with Crippen LogP contribution in [-0.2, 0) is 22.5 Å². The lowest BCUT2D eigenvalue weighted by molar-refractivity contribution is -0.120. The maximum atomic E-state index is 11.5. The first-order valence-corrected chi connectivity index (χ1v) is 6.15. The van der Waals surface area contributed by atoms with E-state index in [0.29, 0.717) is 18.7 Å². The molecule has 0 aliphatic heterocycles. The maximum absolute atomic E-state index is 11.5. The van der Waals surface area contributed by atoms with Gasteiger partial charge in [0.2, 0.25) is 5.91 Å².